The number of Topliss-reactive ketones (excluding diaryl/α,β-unsaturated/α-hetero) is 1. The molecule has 31 heavy (non-hydrogen) atoms. The summed E-state index contributed by atoms with van der Waals surface area (Å²) in [5, 5.41) is 0.114. The maximum Gasteiger partial charge on any atom is 0.335 e. The standard InChI is InChI=1S/C26H40O4Si/c1-10-29-24(28)21-16(2)11-12-20-17(3)13-18-14-19(30-31(8,9)25(4,5)6)15-26(18,7)23(27)22(20)21/h11-12,14,16-17,19-20H,10,13,15H2,1-9H3. The maximum atomic E-state index is 14.1. The zero-order valence-corrected chi connectivity index (χ0v) is 21.8. The van der Waals surface area contributed by atoms with Crippen LogP contribution in [0.2, 0.25) is 18.1 Å². The Hall–Kier alpha value is -1.46. The van der Waals surface area contributed by atoms with Gasteiger partial charge < -0.3 is 9.16 Å². The van der Waals surface area contributed by atoms with Gasteiger partial charge in [0.1, 0.15) is 0 Å². The van der Waals surface area contributed by atoms with Gasteiger partial charge in [-0.15, -0.1) is 0 Å². The van der Waals surface area contributed by atoms with E-state index >= 15 is 0 Å². The largest absolute Gasteiger partial charge is 0.463 e. The molecule has 5 atom stereocenters. The Bertz CT molecular complexity index is 857. The SMILES string of the molecule is CCOC(=O)C1=C2C(=O)C3(C)CC(O[Si](C)(C)C(C)(C)C)C=C3CC(C)C2C=CC1C. The maximum absolute atomic E-state index is 14.1. The molecule has 0 heterocycles. The molecule has 5 unspecified atom stereocenters. The van der Waals surface area contributed by atoms with Gasteiger partial charge in [-0.25, -0.2) is 4.79 Å². The monoisotopic (exact) mass is 444 g/mol. The lowest BCUT2D eigenvalue weighted by molar-refractivity contribution is -0.139. The highest BCUT2D eigenvalue weighted by Crippen LogP contribution is 2.53. The van der Waals surface area contributed by atoms with E-state index in [0.717, 1.165) is 6.42 Å². The highest BCUT2D eigenvalue weighted by atomic mass is 28.4. The molecule has 4 nitrogen and oxygen atoms in total. The van der Waals surface area contributed by atoms with Crippen molar-refractivity contribution in [2.45, 2.75) is 85.5 Å². The summed E-state index contributed by atoms with van der Waals surface area (Å²) >= 11 is 0. The summed E-state index contributed by atoms with van der Waals surface area (Å²) in [7, 11) is -1.96. The molecule has 3 aliphatic rings. The van der Waals surface area contributed by atoms with E-state index in [0.29, 0.717) is 24.2 Å². The molecule has 0 aromatic heterocycles. The first-order chi connectivity index (χ1) is 14.2. The number of carbonyl (C=O) groups excluding carboxylic acids is 2. The topological polar surface area (TPSA) is 52.6 Å². The predicted molar refractivity (Wildman–Crippen MR) is 127 cm³/mol. The van der Waals surface area contributed by atoms with Crippen LogP contribution in [0.15, 0.2) is 34.9 Å². The molecule has 0 saturated heterocycles. The van der Waals surface area contributed by atoms with Crippen LogP contribution < -0.4 is 0 Å². The fourth-order valence-electron chi connectivity index (χ4n) is 5.09. The van der Waals surface area contributed by atoms with Gasteiger partial charge in [0, 0.05) is 17.4 Å². The molecule has 172 valence electrons. The van der Waals surface area contributed by atoms with E-state index in [1.54, 1.807) is 0 Å². The van der Waals surface area contributed by atoms with Crippen LogP contribution >= 0.6 is 0 Å². The summed E-state index contributed by atoms with van der Waals surface area (Å²) in [4.78, 5) is 27.0. The first-order valence-corrected chi connectivity index (χ1v) is 14.7. The normalized spacial score (nSPS) is 33.6. The predicted octanol–water partition coefficient (Wildman–Crippen LogP) is 6.00. The van der Waals surface area contributed by atoms with Gasteiger partial charge in [0.05, 0.1) is 23.7 Å². The lowest BCUT2D eigenvalue weighted by atomic mass is 9.71. The minimum absolute atomic E-state index is 0.0359. The molecule has 0 bridgehead atoms. The van der Waals surface area contributed by atoms with Gasteiger partial charge in [-0.3, -0.25) is 4.79 Å². The summed E-state index contributed by atoms with van der Waals surface area (Å²) in [6, 6.07) is 0. The second kappa shape index (κ2) is 8.15. The average Bonchev–Trinajstić information content (AvgIpc) is 2.91. The molecule has 0 radical (unpaired) electrons. The Morgan fingerprint density at radius 2 is 1.87 bits per heavy atom. The van der Waals surface area contributed by atoms with E-state index in [1.165, 1.54) is 5.57 Å². The van der Waals surface area contributed by atoms with Crippen molar-refractivity contribution in [3.63, 3.8) is 0 Å². The summed E-state index contributed by atoms with van der Waals surface area (Å²) < 4.78 is 12.1. The van der Waals surface area contributed by atoms with Gasteiger partial charge in [0.15, 0.2) is 14.1 Å². The lowest BCUT2D eigenvalue weighted by Crippen LogP contribution is -2.44. The van der Waals surface area contributed by atoms with Crippen LogP contribution in [0.25, 0.3) is 0 Å². The van der Waals surface area contributed by atoms with Crippen LogP contribution in [-0.4, -0.2) is 32.8 Å². The minimum atomic E-state index is -1.96. The Morgan fingerprint density at radius 3 is 2.45 bits per heavy atom. The second-order valence-corrected chi connectivity index (χ2v) is 16.2. The number of esters is 1. The van der Waals surface area contributed by atoms with Crippen LogP contribution in [0.1, 0.15) is 61.3 Å². The van der Waals surface area contributed by atoms with Crippen molar-refractivity contribution in [3.8, 4) is 0 Å². The molecule has 0 N–H and O–H groups in total. The van der Waals surface area contributed by atoms with Crippen LogP contribution in [0, 0.1) is 23.2 Å². The summed E-state index contributed by atoms with van der Waals surface area (Å²) in [6.07, 6.45) is 7.89. The van der Waals surface area contributed by atoms with E-state index in [1.807, 2.05) is 13.8 Å². The highest BCUT2D eigenvalue weighted by Gasteiger charge is 2.52. The molecule has 0 aliphatic heterocycles. The zero-order chi connectivity index (χ0) is 23.4. The summed E-state index contributed by atoms with van der Waals surface area (Å²) in [5.41, 5.74) is 1.80. The highest BCUT2D eigenvalue weighted by molar-refractivity contribution is 6.74. The third-order valence-corrected chi connectivity index (χ3v) is 12.5. The molecule has 0 spiro atoms. The van der Waals surface area contributed by atoms with Crippen molar-refractivity contribution in [1.82, 2.24) is 0 Å². The van der Waals surface area contributed by atoms with Crippen molar-refractivity contribution in [1.29, 1.82) is 0 Å². The molecule has 1 saturated carbocycles. The van der Waals surface area contributed by atoms with Gasteiger partial charge in [-0.2, -0.15) is 0 Å². The third-order valence-electron chi connectivity index (χ3n) is 8.04. The number of allylic oxidation sites excluding steroid dienone is 4. The van der Waals surface area contributed by atoms with Crippen molar-refractivity contribution in [3.05, 3.63) is 34.9 Å². The van der Waals surface area contributed by atoms with Crippen LogP contribution in [0.3, 0.4) is 0 Å². The molecule has 3 aliphatic carbocycles. The van der Waals surface area contributed by atoms with Crippen LogP contribution in [-0.2, 0) is 18.8 Å². The fourth-order valence-corrected chi connectivity index (χ4v) is 6.35. The summed E-state index contributed by atoms with van der Waals surface area (Å²) in [6.45, 7) is 19.6. The molecule has 1 fully saturated rings. The molecule has 3 rings (SSSR count). The summed E-state index contributed by atoms with van der Waals surface area (Å²) in [5.74, 6) is -0.161. The Kier molecular flexibility index (Phi) is 6.36. The third kappa shape index (κ3) is 4.16. The van der Waals surface area contributed by atoms with Gasteiger partial charge in [0.2, 0.25) is 0 Å². The number of hydrogen-bond acceptors (Lipinski definition) is 4. The first kappa shape index (κ1) is 24.2. The molecular formula is C26H40O4Si. The van der Waals surface area contributed by atoms with Gasteiger partial charge in [-0.05, 0) is 50.7 Å². The molecular weight excluding hydrogens is 404 g/mol. The van der Waals surface area contributed by atoms with E-state index in [9.17, 15) is 9.59 Å². The van der Waals surface area contributed by atoms with Crippen molar-refractivity contribution >= 4 is 20.1 Å². The quantitative estimate of drug-likeness (QED) is 0.303. The fraction of sp³-hybridized carbons (Fsp3) is 0.692. The second-order valence-electron chi connectivity index (χ2n) is 11.4. The smallest absolute Gasteiger partial charge is 0.335 e. The van der Waals surface area contributed by atoms with Crippen molar-refractivity contribution in [2.24, 2.45) is 23.2 Å². The van der Waals surface area contributed by atoms with Gasteiger partial charge in [0.25, 0.3) is 0 Å². The Labute approximate surface area is 189 Å². The van der Waals surface area contributed by atoms with E-state index in [-0.39, 0.29) is 40.6 Å². The van der Waals surface area contributed by atoms with E-state index in [2.05, 4.69) is 65.9 Å². The molecule has 5 heteroatoms. The molecule has 0 amide bonds. The minimum Gasteiger partial charge on any atom is -0.463 e. The molecule has 0 aromatic carbocycles. The average molecular weight is 445 g/mol. The zero-order valence-electron chi connectivity index (χ0n) is 20.8. The van der Waals surface area contributed by atoms with Crippen LogP contribution in [0.4, 0.5) is 0 Å². The number of rotatable bonds is 4. The van der Waals surface area contributed by atoms with Crippen molar-refractivity contribution < 1.29 is 18.8 Å². The van der Waals surface area contributed by atoms with E-state index < -0.39 is 13.7 Å². The van der Waals surface area contributed by atoms with Crippen molar-refractivity contribution in [2.75, 3.05) is 6.61 Å². The van der Waals surface area contributed by atoms with Crippen LogP contribution in [0.5, 0.6) is 0 Å². The van der Waals surface area contributed by atoms with Gasteiger partial charge in [-0.1, -0.05) is 58.4 Å². The lowest BCUT2D eigenvalue weighted by Gasteiger charge is -2.39. The Morgan fingerprint density at radius 1 is 1.23 bits per heavy atom. The number of fused-ring (bicyclic) bond motifs is 2. The number of hydrogen-bond donors (Lipinski definition) is 0. The first-order valence-electron chi connectivity index (χ1n) is 11.8. The number of carbonyl (C=O) groups is 2. The van der Waals surface area contributed by atoms with E-state index in [4.69, 9.17) is 9.16 Å². The van der Waals surface area contributed by atoms with Gasteiger partial charge >= 0.3 is 5.97 Å². The molecule has 0 aromatic rings. The number of ether oxygens (including phenoxy) is 1. The Balaban J connectivity index is 2.04. The number of ketones is 1.